The van der Waals surface area contributed by atoms with E-state index in [1.165, 1.54) is 0 Å². The highest BCUT2D eigenvalue weighted by Gasteiger charge is 2.39. The molecule has 0 aliphatic carbocycles. The number of ether oxygens (including phenoxy) is 3. The summed E-state index contributed by atoms with van der Waals surface area (Å²) in [5.74, 6) is 1.63. The highest BCUT2D eigenvalue weighted by Crippen LogP contribution is 2.45. The van der Waals surface area contributed by atoms with Gasteiger partial charge in [-0.25, -0.2) is 0 Å². The van der Waals surface area contributed by atoms with Crippen LogP contribution in [-0.4, -0.2) is 44.7 Å². The van der Waals surface area contributed by atoms with Crippen molar-refractivity contribution in [2.75, 3.05) is 27.9 Å². The average Bonchev–Trinajstić information content (AvgIpc) is 2.93. The molecule has 0 aromatic heterocycles. The molecule has 2 aliphatic rings. The molecule has 5 heteroatoms. The molecule has 0 unspecified atom stereocenters. The van der Waals surface area contributed by atoms with Crippen molar-refractivity contribution in [2.24, 2.45) is 0 Å². The van der Waals surface area contributed by atoms with E-state index in [4.69, 9.17) is 14.2 Å². The van der Waals surface area contributed by atoms with Crippen molar-refractivity contribution in [3.8, 4) is 17.2 Å². The third kappa shape index (κ3) is 1.72. The van der Waals surface area contributed by atoms with Gasteiger partial charge < -0.3 is 19.1 Å². The van der Waals surface area contributed by atoms with Crippen molar-refractivity contribution in [2.45, 2.75) is 25.3 Å². The van der Waals surface area contributed by atoms with Crippen LogP contribution < -0.4 is 14.2 Å². The van der Waals surface area contributed by atoms with Crippen LogP contribution >= 0.6 is 0 Å². The summed E-state index contributed by atoms with van der Waals surface area (Å²) in [5, 5.41) is 0. The second-order valence-electron chi connectivity index (χ2n) is 5.18. The molecule has 1 fully saturated rings. The van der Waals surface area contributed by atoms with Gasteiger partial charge in [-0.15, -0.1) is 0 Å². The summed E-state index contributed by atoms with van der Waals surface area (Å²) in [7, 11) is 4.70. The van der Waals surface area contributed by atoms with Crippen LogP contribution in [0.4, 0.5) is 0 Å². The fraction of sp³-hybridized carbons (Fsp3) is 0.533. The highest BCUT2D eigenvalue weighted by atomic mass is 16.5. The second-order valence-corrected chi connectivity index (χ2v) is 5.18. The third-order valence-corrected chi connectivity index (χ3v) is 4.22. The smallest absolute Gasteiger partial charge is 0.258 e. The lowest BCUT2D eigenvalue weighted by Crippen LogP contribution is -2.41. The number of hydrogen-bond acceptors (Lipinski definition) is 4. The maximum Gasteiger partial charge on any atom is 0.258 e. The van der Waals surface area contributed by atoms with E-state index in [0.29, 0.717) is 28.9 Å². The number of nitrogens with zero attached hydrogens (tertiary/aromatic N) is 1. The first kappa shape index (κ1) is 13.1. The quantitative estimate of drug-likeness (QED) is 0.846. The van der Waals surface area contributed by atoms with Crippen LogP contribution in [0.25, 0.3) is 0 Å². The van der Waals surface area contributed by atoms with E-state index < -0.39 is 0 Å². The van der Waals surface area contributed by atoms with Crippen molar-refractivity contribution in [3.63, 3.8) is 0 Å². The molecule has 108 valence electrons. The number of carbonyl (C=O) groups is 1. The molecule has 0 radical (unpaired) electrons. The van der Waals surface area contributed by atoms with Crippen LogP contribution in [-0.2, 0) is 6.42 Å². The lowest BCUT2D eigenvalue weighted by molar-refractivity contribution is 0.0709. The number of carbonyl (C=O) groups excluding carboxylic acids is 1. The Morgan fingerprint density at radius 1 is 1.15 bits per heavy atom. The molecule has 0 bridgehead atoms. The van der Waals surface area contributed by atoms with Crippen LogP contribution in [0.1, 0.15) is 28.8 Å². The fourth-order valence-corrected chi connectivity index (χ4v) is 3.32. The summed E-state index contributed by atoms with van der Waals surface area (Å²) in [6, 6.07) is 2.22. The van der Waals surface area contributed by atoms with E-state index in [1.54, 1.807) is 21.3 Å². The van der Waals surface area contributed by atoms with Gasteiger partial charge in [-0.3, -0.25) is 4.79 Å². The van der Waals surface area contributed by atoms with Crippen molar-refractivity contribution >= 4 is 5.91 Å². The summed E-state index contributed by atoms with van der Waals surface area (Å²) < 4.78 is 16.2. The molecule has 20 heavy (non-hydrogen) atoms. The van der Waals surface area contributed by atoms with E-state index in [2.05, 4.69) is 0 Å². The Bertz CT molecular complexity index is 555. The SMILES string of the molecule is COc1cc2c(c(OC)c1OC)C(=O)N1CCC[C@@H]1C2. The van der Waals surface area contributed by atoms with Gasteiger partial charge in [-0.05, 0) is 30.9 Å². The van der Waals surface area contributed by atoms with Gasteiger partial charge in [0.15, 0.2) is 11.5 Å². The first-order valence-electron chi connectivity index (χ1n) is 6.84. The molecule has 3 rings (SSSR count). The Labute approximate surface area is 118 Å². The van der Waals surface area contributed by atoms with Crippen molar-refractivity contribution in [1.29, 1.82) is 0 Å². The molecule has 2 aliphatic heterocycles. The summed E-state index contributed by atoms with van der Waals surface area (Å²) in [5.41, 5.74) is 1.62. The van der Waals surface area contributed by atoms with Crippen LogP contribution in [0.3, 0.4) is 0 Å². The van der Waals surface area contributed by atoms with E-state index in [1.807, 2.05) is 11.0 Å². The van der Waals surface area contributed by atoms with Crippen LogP contribution in [0.5, 0.6) is 17.2 Å². The molecule has 0 N–H and O–H groups in total. The summed E-state index contributed by atoms with van der Waals surface area (Å²) in [6.07, 6.45) is 3.00. The zero-order valence-corrected chi connectivity index (χ0v) is 12.1. The maximum absolute atomic E-state index is 12.7. The van der Waals surface area contributed by atoms with E-state index in [9.17, 15) is 4.79 Å². The Morgan fingerprint density at radius 3 is 2.55 bits per heavy atom. The van der Waals surface area contributed by atoms with Gasteiger partial charge in [-0.2, -0.15) is 0 Å². The summed E-state index contributed by atoms with van der Waals surface area (Å²) >= 11 is 0. The number of rotatable bonds is 3. The van der Waals surface area contributed by atoms with Crippen molar-refractivity contribution in [1.82, 2.24) is 4.90 Å². The van der Waals surface area contributed by atoms with Crippen molar-refractivity contribution < 1.29 is 19.0 Å². The summed E-state index contributed by atoms with van der Waals surface area (Å²) in [6.45, 7) is 0.834. The zero-order chi connectivity index (χ0) is 14.3. The molecule has 1 aromatic carbocycles. The number of fused-ring (bicyclic) bond motifs is 2. The molecule has 1 saturated heterocycles. The van der Waals surface area contributed by atoms with Crippen LogP contribution in [0.2, 0.25) is 0 Å². The molecule has 0 spiro atoms. The van der Waals surface area contributed by atoms with Gasteiger partial charge in [-0.1, -0.05) is 0 Å². The molecule has 1 amide bonds. The topological polar surface area (TPSA) is 48.0 Å². The summed E-state index contributed by atoms with van der Waals surface area (Å²) in [4.78, 5) is 14.7. The van der Waals surface area contributed by atoms with E-state index in [-0.39, 0.29) is 5.91 Å². The predicted molar refractivity (Wildman–Crippen MR) is 73.9 cm³/mol. The molecule has 2 heterocycles. The highest BCUT2D eigenvalue weighted by molar-refractivity contribution is 6.01. The standard InChI is InChI=1S/C15H19NO4/c1-18-11-8-9-7-10-5-4-6-16(10)15(17)12(9)14(20-3)13(11)19-2/h8,10H,4-7H2,1-3H3/t10-/m1/s1. The van der Waals surface area contributed by atoms with Crippen LogP contribution in [0, 0.1) is 0 Å². The molecule has 0 saturated carbocycles. The molecule has 1 atom stereocenters. The minimum absolute atomic E-state index is 0.0477. The molecule has 1 aromatic rings. The first-order chi connectivity index (χ1) is 9.71. The molecule has 5 nitrogen and oxygen atoms in total. The Hall–Kier alpha value is -1.91. The predicted octanol–water partition coefficient (Wildman–Crippen LogP) is 1.87. The monoisotopic (exact) mass is 277 g/mol. The van der Waals surface area contributed by atoms with Crippen LogP contribution in [0.15, 0.2) is 6.07 Å². The number of methoxy groups -OCH3 is 3. The number of benzene rings is 1. The second kappa shape index (κ2) is 4.89. The Morgan fingerprint density at radius 2 is 1.90 bits per heavy atom. The number of amides is 1. The third-order valence-electron chi connectivity index (χ3n) is 4.22. The van der Waals surface area contributed by atoms with Gasteiger partial charge in [0.2, 0.25) is 5.75 Å². The van der Waals surface area contributed by atoms with Gasteiger partial charge in [0.1, 0.15) is 0 Å². The Kier molecular flexibility index (Phi) is 3.20. The van der Waals surface area contributed by atoms with Gasteiger partial charge in [0.25, 0.3) is 5.91 Å². The van der Waals surface area contributed by atoms with Gasteiger partial charge >= 0.3 is 0 Å². The van der Waals surface area contributed by atoms with E-state index >= 15 is 0 Å². The Balaban J connectivity index is 2.19. The van der Waals surface area contributed by atoms with Crippen molar-refractivity contribution in [3.05, 3.63) is 17.2 Å². The van der Waals surface area contributed by atoms with Gasteiger partial charge in [0, 0.05) is 12.6 Å². The number of hydrogen-bond donors (Lipinski definition) is 0. The molecular formula is C15H19NO4. The minimum atomic E-state index is 0.0477. The zero-order valence-electron chi connectivity index (χ0n) is 12.1. The lowest BCUT2D eigenvalue weighted by atomic mass is 9.92. The van der Waals surface area contributed by atoms with Gasteiger partial charge in [0.05, 0.1) is 26.9 Å². The molecular weight excluding hydrogens is 258 g/mol. The largest absolute Gasteiger partial charge is 0.493 e. The average molecular weight is 277 g/mol. The first-order valence-corrected chi connectivity index (χ1v) is 6.84. The fourth-order valence-electron chi connectivity index (χ4n) is 3.32. The van der Waals surface area contributed by atoms with E-state index in [0.717, 1.165) is 31.4 Å². The lowest BCUT2D eigenvalue weighted by Gasteiger charge is -2.32. The maximum atomic E-state index is 12.7. The minimum Gasteiger partial charge on any atom is -0.493 e. The normalized spacial score (nSPS) is 20.4.